The maximum Gasteiger partial charge on any atom is 0.131 e. The van der Waals surface area contributed by atoms with Crippen molar-refractivity contribution in [3.8, 4) is 0 Å². The Morgan fingerprint density at radius 3 is 2.53 bits per heavy atom. The zero-order valence-corrected chi connectivity index (χ0v) is 10.6. The summed E-state index contributed by atoms with van der Waals surface area (Å²) in [6.45, 7) is 2.62. The summed E-state index contributed by atoms with van der Waals surface area (Å²) in [5, 5.41) is 3.10. The molecule has 0 amide bonds. The highest BCUT2D eigenvalue weighted by Gasteiger charge is 2.22. The highest BCUT2D eigenvalue weighted by molar-refractivity contribution is 5.29. The first-order valence-electron chi connectivity index (χ1n) is 6.17. The van der Waals surface area contributed by atoms with Crippen molar-refractivity contribution in [2.24, 2.45) is 0 Å². The zero-order chi connectivity index (χ0) is 13.7. The molecule has 0 saturated carbocycles. The van der Waals surface area contributed by atoms with Crippen molar-refractivity contribution in [2.45, 2.75) is 19.4 Å². The summed E-state index contributed by atoms with van der Waals surface area (Å²) in [6.07, 6.45) is 5.40. The van der Waals surface area contributed by atoms with Crippen molar-refractivity contribution < 1.29 is 8.78 Å². The molecule has 0 aliphatic rings. The Hall–Kier alpha value is -1.88. The fourth-order valence-corrected chi connectivity index (χ4v) is 1.89. The molecule has 0 fully saturated rings. The Balaban J connectivity index is 2.43. The van der Waals surface area contributed by atoms with E-state index in [-0.39, 0.29) is 5.56 Å². The molecule has 100 valence electrons. The minimum atomic E-state index is -0.630. The number of benzene rings is 1. The van der Waals surface area contributed by atoms with Gasteiger partial charge >= 0.3 is 0 Å². The lowest BCUT2D eigenvalue weighted by Crippen LogP contribution is -2.26. The van der Waals surface area contributed by atoms with E-state index in [0.717, 1.165) is 6.42 Å². The molecular weight excluding hydrogens is 248 g/mol. The number of nitrogens with one attached hydrogen (secondary N) is 1. The molecule has 1 atom stereocenters. The summed E-state index contributed by atoms with van der Waals surface area (Å²) >= 11 is 0. The third-order valence-corrected chi connectivity index (χ3v) is 2.77. The minimum absolute atomic E-state index is 0.0172. The minimum Gasteiger partial charge on any atom is -0.305 e. The van der Waals surface area contributed by atoms with Crippen molar-refractivity contribution in [3.63, 3.8) is 0 Å². The van der Waals surface area contributed by atoms with E-state index in [0.29, 0.717) is 12.2 Å². The van der Waals surface area contributed by atoms with Crippen LogP contribution < -0.4 is 5.32 Å². The van der Waals surface area contributed by atoms with E-state index in [2.05, 4.69) is 15.3 Å². The van der Waals surface area contributed by atoms with Crippen LogP contribution in [0.5, 0.6) is 0 Å². The Morgan fingerprint density at radius 1 is 1.21 bits per heavy atom. The van der Waals surface area contributed by atoms with Crippen LogP contribution in [0.15, 0.2) is 36.8 Å². The maximum absolute atomic E-state index is 13.9. The van der Waals surface area contributed by atoms with E-state index in [1.54, 1.807) is 0 Å². The summed E-state index contributed by atoms with van der Waals surface area (Å²) in [5.74, 6) is -1.17. The lowest BCUT2D eigenvalue weighted by Gasteiger charge is -2.19. The van der Waals surface area contributed by atoms with Gasteiger partial charge < -0.3 is 5.32 Å². The average Bonchev–Trinajstić information content (AvgIpc) is 2.43. The van der Waals surface area contributed by atoms with Crippen LogP contribution >= 0.6 is 0 Å². The quantitative estimate of drug-likeness (QED) is 0.901. The van der Waals surface area contributed by atoms with Crippen molar-refractivity contribution >= 4 is 0 Å². The molecule has 1 unspecified atom stereocenters. The summed E-state index contributed by atoms with van der Waals surface area (Å²) in [5.41, 5.74) is 0.483. The molecule has 0 aliphatic heterocycles. The smallest absolute Gasteiger partial charge is 0.131 e. The van der Waals surface area contributed by atoms with Gasteiger partial charge in [0.05, 0.1) is 17.9 Å². The molecule has 2 aromatic rings. The van der Waals surface area contributed by atoms with Crippen LogP contribution in [0.1, 0.15) is 30.6 Å². The molecule has 3 nitrogen and oxygen atoms in total. The van der Waals surface area contributed by atoms with Crippen LogP contribution in [0, 0.1) is 11.6 Å². The summed E-state index contributed by atoms with van der Waals surface area (Å²) < 4.78 is 27.8. The highest BCUT2D eigenvalue weighted by Crippen LogP contribution is 2.25. The largest absolute Gasteiger partial charge is 0.305 e. The van der Waals surface area contributed by atoms with Gasteiger partial charge in [-0.3, -0.25) is 9.97 Å². The second-order valence-corrected chi connectivity index (χ2v) is 4.15. The molecule has 2 rings (SSSR count). The second-order valence-electron chi connectivity index (χ2n) is 4.15. The van der Waals surface area contributed by atoms with Crippen LogP contribution in [0.3, 0.4) is 0 Å². The van der Waals surface area contributed by atoms with Crippen molar-refractivity contribution in [1.82, 2.24) is 15.3 Å². The number of rotatable bonds is 5. The summed E-state index contributed by atoms with van der Waals surface area (Å²) in [7, 11) is 0. The topological polar surface area (TPSA) is 37.8 Å². The molecule has 5 heteroatoms. The molecule has 0 spiro atoms. The molecule has 19 heavy (non-hydrogen) atoms. The van der Waals surface area contributed by atoms with E-state index in [1.165, 1.54) is 36.8 Å². The van der Waals surface area contributed by atoms with Crippen molar-refractivity contribution in [2.75, 3.05) is 6.54 Å². The Bertz CT molecular complexity index is 511. The molecule has 0 bridgehead atoms. The summed E-state index contributed by atoms with van der Waals surface area (Å²) in [4.78, 5) is 8.08. The van der Waals surface area contributed by atoms with Gasteiger partial charge in [-0.15, -0.1) is 0 Å². The number of aromatic nitrogens is 2. The van der Waals surface area contributed by atoms with E-state index in [9.17, 15) is 8.78 Å². The predicted molar refractivity (Wildman–Crippen MR) is 68.5 cm³/mol. The lowest BCUT2D eigenvalue weighted by atomic mass is 10.0. The Labute approximate surface area is 110 Å². The monoisotopic (exact) mass is 263 g/mol. The fraction of sp³-hybridized carbons (Fsp3) is 0.286. The number of halogens is 2. The Morgan fingerprint density at radius 2 is 1.95 bits per heavy atom. The van der Waals surface area contributed by atoms with Crippen LogP contribution in [0.25, 0.3) is 0 Å². The first kappa shape index (κ1) is 13.5. The van der Waals surface area contributed by atoms with Crippen LogP contribution in [0.2, 0.25) is 0 Å². The molecule has 0 radical (unpaired) electrons. The molecule has 0 aliphatic carbocycles. The molecular formula is C14H15F2N3. The van der Waals surface area contributed by atoms with Crippen LogP contribution in [-0.4, -0.2) is 16.5 Å². The van der Waals surface area contributed by atoms with Gasteiger partial charge in [-0.05, 0) is 25.1 Å². The van der Waals surface area contributed by atoms with Gasteiger partial charge in [0.25, 0.3) is 0 Å². The van der Waals surface area contributed by atoms with Gasteiger partial charge in [-0.2, -0.15) is 0 Å². The first-order valence-corrected chi connectivity index (χ1v) is 6.17. The van der Waals surface area contributed by atoms with Crippen LogP contribution in [0.4, 0.5) is 8.78 Å². The molecule has 0 saturated heterocycles. The number of hydrogen-bond acceptors (Lipinski definition) is 3. The Kier molecular flexibility index (Phi) is 4.52. The maximum atomic E-state index is 13.9. The van der Waals surface area contributed by atoms with Gasteiger partial charge in [-0.25, -0.2) is 8.78 Å². The molecule has 1 aromatic carbocycles. The third-order valence-electron chi connectivity index (χ3n) is 2.77. The molecule has 1 N–H and O–H groups in total. The van der Waals surface area contributed by atoms with E-state index >= 15 is 0 Å². The van der Waals surface area contributed by atoms with Gasteiger partial charge in [0.1, 0.15) is 11.6 Å². The highest BCUT2D eigenvalue weighted by atomic mass is 19.1. The number of hydrogen-bond donors (Lipinski definition) is 1. The first-order chi connectivity index (χ1) is 9.24. The summed E-state index contributed by atoms with van der Waals surface area (Å²) in [6, 6.07) is 3.21. The number of nitrogens with zero attached hydrogens (tertiary/aromatic N) is 2. The van der Waals surface area contributed by atoms with E-state index in [4.69, 9.17) is 0 Å². The zero-order valence-electron chi connectivity index (χ0n) is 10.6. The SMILES string of the molecule is CCCNC(c1cnccn1)c1c(F)cccc1F. The second kappa shape index (κ2) is 6.33. The molecule has 1 heterocycles. The average molecular weight is 263 g/mol. The van der Waals surface area contributed by atoms with E-state index < -0.39 is 17.7 Å². The van der Waals surface area contributed by atoms with Gasteiger partial charge in [-0.1, -0.05) is 13.0 Å². The lowest BCUT2D eigenvalue weighted by molar-refractivity contribution is 0.497. The fourth-order valence-electron chi connectivity index (χ4n) is 1.89. The van der Waals surface area contributed by atoms with Crippen molar-refractivity contribution in [1.29, 1.82) is 0 Å². The van der Waals surface area contributed by atoms with Gasteiger partial charge in [0.15, 0.2) is 0 Å². The molecule has 1 aromatic heterocycles. The predicted octanol–water partition coefficient (Wildman–Crippen LogP) is 2.84. The standard InChI is InChI=1S/C14H15F2N3/c1-2-6-19-14(12-9-17-7-8-18-12)13-10(15)4-3-5-11(13)16/h3-5,7-9,14,19H,2,6H2,1H3. The van der Waals surface area contributed by atoms with Gasteiger partial charge in [0, 0.05) is 18.0 Å². The van der Waals surface area contributed by atoms with Crippen molar-refractivity contribution in [3.05, 3.63) is 59.7 Å². The van der Waals surface area contributed by atoms with Crippen LogP contribution in [-0.2, 0) is 0 Å². The van der Waals surface area contributed by atoms with Gasteiger partial charge in [0.2, 0.25) is 0 Å². The van der Waals surface area contributed by atoms with E-state index in [1.807, 2.05) is 6.92 Å². The third kappa shape index (κ3) is 3.12. The normalized spacial score (nSPS) is 12.4.